The van der Waals surface area contributed by atoms with E-state index in [4.69, 9.17) is 0 Å². The van der Waals surface area contributed by atoms with Crippen molar-refractivity contribution < 1.29 is 9.59 Å². The van der Waals surface area contributed by atoms with E-state index in [9.17, 15) is 9.59 Å². The van der Waals surface area contributed by atoms with Gasteiger partial charge in [0, 0.05) is 16.9 Å². The quantitative estimate of drug-likeness (QED) is 0.665. The Hall–Kier alpha value is -1.44. The molecule has 0 aliphatic heterocycles. The lowest BCUT2D eigenvalue weighted by Crippen LogP contribution is -2.54. The fourth-order valence-electron chi connectivity index (χ4n) is 4.44. The van der Waals surface area contributed by atoms with Crippen LogP contribution < -0.4 is 0 Å². The Morgan fingerprint density at radius 3 is 2.47 bits per heavy atom. The molecule has 2 heteroatoms. The number of hydrogen-bond donors (Lipinski definition) is 0. The molecule has 0 N–H and O–H groups in total. The minimum Gasteiger partial charge on any atom is -0.290 e. The summed E-state index contributed by atoms with van der Waals surface area (Å²) in [6.45, 7) is 6.43. The Morgan fingerprint density at radius 1 is 1.05 bits per heavy atom. The second kappa shape index (κ2) is 3.78. The molecular weight excluding hydrogens is 236 g/mol. The van der Waals surface area contributed by atoms with E-state index in [-0.39, 0.29) is 28.3 Å². The molecule has 0 spiro atoms. The summed E-state index contributed by atoms with van der Waals surface area (Å²) in [7, 11) is 0. The molecule has 2 nitrogen and oxygen atoms in total. The average molecular weight is 256 g/mol. The molecule has 1 fully saturated rings. The fourth-order valence-corrected chi connectivity index (χ4v) is 4.44. The molecule has 0 unspecified atom stereocenters. The number of benzene rings is 1. The molecule has 2 atom stereocenters. The fraction of sp³-hybridized carbons (Fsp3) is 0.529. The molecule has 0 radical (unpaired) electrons. The van der Waals surface area contributed by atoms with E-state index in [1.807, 2.05) is 18.2 Å². The maximum atomic E-state index is 12.6. The molecule has 0 amide bonds. The summed E-state index contributed by atoms with van der Waals surface area (Å²) in [5.41, 5.74) is 1.44. The lowest BCUT2D eigenvalue weighted by atomic mass is 9.50. The van der Waals surface area contributed by atoms with Crippen molar-refractivity contribution >= 4 is 11.6 Å². The van der Waals surface area contributed by atoms with Gasteiger partial charge in [-0.2, -0.15) is 0 Å². The van der Waals surface area contributed by atoms with Crippen molar-refractivity contribution in [2.45, 2.75) is 45.4 Å². The largest absolute Gasteiger partial charge is 0.290 e. The predicted octanol–water partition coefficient (Wildman–Crippen LogP) is 3.54. The minimum absolute atomic E-state index is 0.0900. The first kappa shape index (κ1) is 12.6. The Kier molecular flexibility index (Phi) is 2.51. The van der Waals surface area contributed by atoms with Crippen molar-refractivity contribution in [1.29, 1.82) is 0 Å². The van der Waals surface area contributed by atoms with Crippen molar-refractivity contribution in [3.8, 4) is 0 Å². The van der Waals surface area contributed by atoms with Crippen molar-refractivity contribution in [1.82, 2.24) is 0 Å². The molecule has 1 aromatic carbocycles. The van der Waals surface area contributed by atoms with Crippen LogP contribution in [0.4, 0.5) is 0 Å². The van der Waals surface area contributed by atoms with Gasteiger partial charge < -0.3 is 0 Å². The van der Waals surface area contributed by atoms with E-state index >= 15 is 0 Å². The molecule has 19 heavy (non-hydrogen) atoms. The van der Waals surface area contributed by atoms with Gasteiger partial charge in [0.05, 0.1) is 0 Å². The highest BCUT2D eigenvalue weighted by molar-refractivity contribution is 6.46. The highest BCUT2D eigenvalue weighted by atomic mass is 16.2. The normalized spacial score (nSPS) is 32.7. The Balaban J connectivity index is 2.27. The highest BCUT2D eigenvalue weighted by Crippen LogP contribution is 2.55. The summed E-state index contributed by atoms with van der Waals surface area (Å²) in [6, 6.07) is 7.67. The summed E-state index contributed by atoms with van der Waals surface area (Å²) in [5, 5.41) is 0. The summed E-state index contributed by atoms with van der Waals surface area (Å²) in [5.74, 6) is -0.630. The standard InChI is InChI=1S/C17H20O2/c1-16(2)9-6-10-17(3)12-8-5-4-7-11(12)13(18)14(19)15(16)17/h4-5,7-8,15H,6,9-10H2,1-3H3/t15-,17-/m1/s1. The number of carbonyl (C=O) groups is 2. The number of Topliss-reactive ketones (excluding diaryl/α,β-unsaturated/α-hetero) is 2. The van der Waals surface area contributed by atoms with E-state index in [0.29, 0.717) is 5.56 Å². The van der Waals surface area contributed by atoms with Crippen LogP contribution in [-0.4, -0.2) is 11.6 Å². The van der Waals surface area contributed by atoms with Gasteiger partial charge in [-0.3, -0.25) is 9.59 Å². The molecule has 1 aromatic rings. The summed E-state index contributed by atoms with van der Waals surface area (Å²) in [4.78, 5) is 24.9. The summed E-state index contributed by atoms with van der Waals surface area (Å²) < 4.78 is 0. The molecular formula is C17H20O2. The average Bonchev–Trinajstić information content (AvgIpc) is 2.35. The summed E-state index contributed by atoms with van der Waals surface area (Å²) in [6.07, 6.45) is 3.14. The lowest BCUT2D eigenvalue weighted by molar-refractivity contribution is -0.128. The van der Waals surface area contributed by atoms with Crippen molar-refractivity contribution in [3.05, 3.63) is 35.4 Å². The van der Waals surface area contributed by atoms with Gasteiger partial charge in [-0.05, 0) is 23.8 Å². The number of hydrogen-bond acceptors (Lipinski definition) is 2. The third-order valence-electron chi connectivity index (χ3n) is 5.21. The van der Waals surface area contributed by atoms with Crippen LogP contribution in [0.5, 0.6) is 0 Å². The van der Waals surface area contributed by atoms with E-state index in [1.54, 1.807) is 6.07 Å². The number of rotatable bonds is 0. The maximum absolute atomic E-state index is 12.6. The number of carbonyl (C=O) groups excluding carboxylic acids is 2. The van der Waals surface area contributed by atoms with Crippen LogP contribution in [-0.2, 0) is 10.2 Å². The topological polar surface area (TPSA) is 34.1 Å². The van der Waals surface area contributed by atoms with Crippen molar-refractivity contribution in [2.75, 3.05) is 0 Å². The van der Waals surface area contributed by atoms with E-state index in [0.717, 1.165) is 24.8 Å². The zero-order valence-corrected chi connectivity index (χ0v) is 11.8. The molecule has 0 heterocycles. The van der Waals surface area contributed by atoms with E-state index in [2.05, 4.69) is 20.8 Å². The number of ketones is 2. The molecule has 3 rings (SSSR count). The maximum Gasteiger partial charge on any atom is 0.229 e. The van der Waals surface area contributed by atoms with E-state index < -0.39 is 0 Å². The molecule has 0 bridgehead atoms. The van der Waals surface area contributed by atoms with Crippen LogP contribution in [0.25, 0.3) is 0 Å². The second-order valence-electron chi connectivity index (χ2n) is 6.93. The van der Waals surface area contributed by atoms with Crippen LogP contribution >= 0.6 is 0 Å². The van der Waals surface area contributed by atoms with Gasteiger partial charge in [0.1, 0.15) is 0 Å². The van der Waals surface area contributed by atoms with Crippen LogP contribution in [0.15, 0.2) is 24.3 Å². The third-order valence-corrected chi connectivity index (χ3v) is 5.21. The van der Waals surface area contributed by atoms with Gasteiger partial charge in [0.25, 0.3) is 0 Å². The molecule has 0 saturated heterocycles. The first-order valence-electron chi connectivity index (χ1n) is 7.06. The van der Waals surface area contributed by atoms with Crippen LogP contribution in [0.3, 0.4) is 0 Å². The predicted molar refractivity (Wildman–Crippen MR) is 74.3 cm³/mol. The second-order valence-corrected chi connectivity index (χ2v) is 6.93. The highest BCUT2D eigenvalue weighted by Gasteiger charge is 2.56. The van der Waals surface area contributed by atoms with Crippen LogP contribution in [0.1, 0.15) is 56.0 Å². The Bertz CT molecular complexity index is 570. The van der Waals surface area contributed by atoms with Crippen molar-refractivity contribution in [2.24, 2.45) is 11.3 Å². The minimum atomic E-state index is -0.284. The first-order chi connectivity index (χ1) is 8.88. The Morgan fingerprint density at radius 2 is 1.74 bits per heavy atom. The molecule has 100 valence electrons. The van der Waals surface area contributed by atoms with Crippen molar-refractivity contribution in [3.63, 3.8) is 0 Å². The van der Waals surface area contributed by atoms with Gasteiger partial charge in [-0.15, -0.1) is 0 Å². The van der Waals surface area contributed by atoms with Gasteiger partial charge in [-0.25, -0.2) is 0 Å². The van der Waals surface area contributed by atoms with Crippen LogP contribution in [0.2, 0.25) is 0 Å². The molecule has 2 aliphatic carbocycles. The lowest BCUT2D eigenvalue weighted by Gasteiger charge is -2.52. The zero-order valence-electron chi connectivity index (χ0n) is 11.8. The first-order valence-corrected chi connectivity index (χ1v) is 7.06. The zero-order chi connectivity index (χ0) is 13.8. The van der Waals surface area contributed by atoms with Gasteiger partial charge in [0.15, 0.2) is 0 Å². The van der Waals surface area contributed by atoms with Gasteiger partial charge in [0.2, 0.25) is 11.6 Å². The monoisotopic (exact) mass is 256 g/mol. The number of fused-ring (bicyclic) bond motifs is 3. The molecule has 1 saturated carbocycles. The smallest absolute Gasteiger partial charge is 0.229 e. The summed E-state index contributed by atoms with van der Waals surface area (Å²) >= 11 is 0. The SMILES string of the molecule is CC1(C)CCC[C@]2(C)c3ccccc3C(=O)C(=O)[C@H]12. The molecule has 0 aromatic heterocycles. The van der Waals surface area contributed by atoms with Crippen LogP contribution in [0, 0.1) is 11.3 Å². The van der Waals surface area contributed by atoms with Gasteiger partial charge >= 0.3 is 0 Å². The Labute approximate surface area is 114 Å². The van der Waals surface area contributed by atoms with Gasteiger partial charge in [-0.1, -0.05) is 51.5 Å². The van der Waals surface area contributed by atoms with E-state index in [1.165, 1.54) is 0 Å². The molecule has 2 aliphatic rings. The third kappa shape index (κ3) is 1.55.